The van der Waals surface area contributed by atoms with Crippen molar-refractivity contribution in [3.63, 3.8) is 0 Å². The van der Waals surface area contributed by atoms with E-state index in [2.05, 4.69) is 107 Å². The topological polar surface area (TPSA) is 3.24 Å². The van der Waals surface area contributed by atoms with Gasteiger partial charge in [0.05, 0.1) is 0 Å². The molecule has 2 heteroatoms. The van der Waals surface area contributed by atoms with Gasteiger partial charge in [0.25, 0.3) is 0 Å². The molecule has 0 aliphatic carbocycles. The van der Waals surface area contributed by atoms with Gasteiger partial charge in [-0.25, -0.2) is 0 Å². The molecule has 0 amide bonds. The number of hydrogen-bond acceptors (Lipinski definition) is 1. The van der Waals surface area contributed by atoms with Crippen LogP contribution < -0.4 is 4.90 Å². The fraction of sp³-hybridized carbons (Fsp3) is 0.308. The van der Waals surface area contributed by atoms with Gasteiger partial charge in [-0.15, -0.1) is 0 Å². The summed E-state index contributed by atoms with van der Waals surface area (Å²) in [5.41, 5.74) is 6.30. The highest BCUT2D eigenvalue weighted by Crippen LogP contribution is 2.37. The lowest BCUT2D eigenvalue weighted by molar-refractivity contribution is 0.590. The molecular formula is C26H30ClN. The molecule has 0 saturated heterocycles. The van der Waals surface area contributed by atoms with Crippen LogP contribution in [0, 0.1) is 0 Å². The van der Waals surface area contributed by atoms with E-state index in [1.165, 1.54) is 11.1 Å². The van der Waals surface area contributed by atoms with Crippen LogP contribution in [0.25, 0.3) is 0 Å². The van der Waals surface area contributed by atoms with Crippen LogP contribution in [-0.4, -0.2) is 0 Å². The van der Waals surface area contributed by atoms with Crippen molar-refractivity contribution in [3.05, 3.63) is 88.9 Å². The first-order chi connectivity index (χ1) is 13.1. The summed E-state index contributed by atoms with van der Waals surface area (Å²) in [6.45, 7) is 13.4. The largest absolute Gasteiger partial charge is 0.311 e. The van der Waals surface area contributed by atoms with Crippen LogP contribution in [0.2, 0.25) is 5.02 Å². The van der Waals surface area contributed by atoms with Gasteiger partial charge in [-0.2, -0.15) is 0 Å². The molecule has 0 aliphatic heterocycles. The summed E-state index contributed by atoms with van der Waals surface area (Å²) in [5, 5.41) is 0.745. The van der Waals surface area contributed by atoms with E-state index in [4.69, 9.17) is 11.6 Å². The highest BCUT2D eigenvalue weighted by atomic mass is 35.5. The summed E-state index contributed by atoms with van der Waals surface area (Å²) >= 11 is 6.13. The van der Waals surface area contributed by atoms with Crippen molar-refractivity contribution in [2.75, 3.05) is 4.90 Å². The fourth-order valence-electron chi connectivity index (χ4n) is 3.26. The van der Waals surface area contributed by atoms with Crippen LogP contribution >= 0.6 is 11.6 Å². The van der Waals surface area contributed by atoms with Gasteiger partial charge in [-0.1, -0.05) is 77.4 Å². The number of anilines is 3. The third-order valence-electron chi connectivity index (χ3n) is 5.07. The van der Waals surface area contributed by atoms with E-state index in [1.54, 1.807) is 0 Å². The molecular weight excluding hydrogens is 362 g/mol. The van der Waals surface area contributed by atoms with E-state index in [9.17, 15) is 0 Å². The van der Waals surface area contributed by atoms with Crippen LogP contribution in [0.5, 0.6) is 0 Å². The molecule has 0 saturated carbocycles. The Morgan fingerprint density at radius 3 is 1.07 bits per heavy atom. The Hall–Kier alpha value is -2.25. The van der Waals surface area contributed by atoms with Gasteiger partial charge >= 0.3 is 0 Å². The predicted molar refractivity (Wildman–Crippen MR) is 124 cm³/mol. The molecule has 3 aromatic rings. The molecule has 0 bridgehead atoms. The Morgan fingerprint density at radius 1 is 0.500 bits per heavy atom. The normalized spacial score (nSPS) is 12.1. The van der Waals surface area contributed by atoms with Gasteiger partial charge in [-0.3, -0.25) is 0 Å². The Kier molecular flexibility index (Phi) is 5.59. The molecule has 0 fully saturated rings. The third kappa shape index (κ3) is 4.59. The maximum Gasteiger partial charge on any atom is 0.0462 e. The van der Waals surface area contributed by atoms with Gasteiger partial charge in [0, 0.05) is 22.1 Å². The first-order valence-corrected chi connectivity index (χ1v) is 10.2. The Labute approximate surface area is 175 Å². The van der Waals surface area contributed by atoms with E-state index < -0.39 is 0 Å². The highest BCUT2D eigenvalue weighted by Gasteiger charge is 2.18. The molecule has 0 aromatic heterocycles. The summed E-state index contributed by atoms with van der Waals surface area (Å²) in [6.07, 6.45) is 0. The average molecular weight is 392 g/mol. The predicted octanol–water partition coefficient (Wildman–Crippen LogP) is 8.40. The molecule has 0 heterocycles. The monoisotopic (exact) mass is 391 g/mol. The van der Waals surface area contributed by atoms with Gasteiger partial charge in [-0.05, 0) is 70.5 Å². The number of hydrogen-bond donors (Lipinski definition) is 0. The van der Waals surface area contributed by atoms with Crippen LogP contribution in [0.1, 0.15) is 52.7 Å². The molecule has 3 aromatic carbocycles. The fourth-order valence-corrected chi connectivity index (χ4v) is 3.38. The number of benzene rings is 3. The van der Waals surface area contributed by atoms with Crippen LogP contribution in [-0.2, 0) is 10.8 Å². The Bertz CT molecular complexity index is 851. The van der Waals surface area contributed by atoms with E-state index in [0.717, 1.165) is 22.1 Å². The second-order valence-corrected chi connectivity index (χ2v) is 9.84. The van der Waals surface area contributed by atoms with Gasteiger partial charge in [0.1, 0.15) is 0 Å². The lowest BCUT2D eigenvalue weighted by atomic mass is 9.86. The van der Waals surface area contributed by atoms with E-state index in [-0.39, 0.29) is 10.8 Å². The second-order valence-electron chi connectivity index (χ2n) is 9.41. The van der Waals surface area contributed by atoms with Gasteiger partial charge in [0.2, 0.25) is 0 Å². The number of rotatable bonds is 3. The molecule has 0 unspecified atom stereocenters. The standard InChI is InChI=1S/C26H30ClN/c1-25(2,3)19-7-13-22(14-8-19)28(24-17-11-21(27)12-18-24)23-15-9-20(10-16-23)26(4,5)6/h7-18H,1-6H3. The van der Waals surface area contributed by atoms with Gasteiger partial charge in [0.15, 0.2) is 0 Å². The first-order valence-electron chi connectivity index (χ1n) is 9.82. The summed E-state index contributed by atoms with van der Waals surface area (Å²) in [5.74, 6) is 0. The van der Waals surface area contributed by atoms with Gasteiger partial charge < -0.3 is 4.90 Å². The lowest BCUT2D eigenvalue weighted by Gasteiger charge is -2.28. The van der Waals surface area contributed by atoms with Crippen LogP contribution in [0.3, 0.4) is 0 Å². The Balaban J connectivity index is 2.06. The smallest absolute Gasteiger partial charge is 0.0462 e. The van der Waals surface area contributed by atoms with Crippen LogP contribution in [0.15, 0.2) is 72.8 Å². The maximum atomic E-state index is 6.13. The Morgan fingerprint density at radius 2 is 0.786 bits per heavy atom. The molecule has 0 spiro atoms. The molecule has 0 N–H and O–H groups in total. The van der Waals surface area contributed by atoms with Crippen molar-refractivity contribution in [1.29, 1.82) is 0 Å². The first kappa shape index (κ1) is 20.5. The SMILES string of the molecule is CC(C)(C)c1ccc(N(c2ccc(Cl)cc2)c2ccc(C(C)(C)C)cc2)cc1. The zero-order chi connectivity index (χ0) is 20.5. The minimum absolute atomic E-state index is 0.137. The van der Waals surface area contributed by atoms with Crippen molar-refractivity contribution in [2.24, 2.45) is 0 Å². The molecule has 0 aliphatic rings. The average Bonchev–Trinajstić information content (AvgIpc) is 2.63. The molecule has 3 rings (SSSR count). The minimum Gasteiger partial charge on any atom is -0.311 e. The molecule has 0 radical (unpaired) electrons. The summed E-state index contributed by atoms with van der Waals surface area (Å²) in [7, 11) is 0. The van der Waals surface area contributed by atoms with Crippen molar-refractivity contribution in [2.45, 2.75) is 52.4 Å². The summed E-state index contributed by atoms with van der Waals surface area (Å²) in [6, 6.07) is 25.7. The highest BCUT2D eigenvalue weighted by molar-refractivity contribution is 6.30. The van der Waals surface area contributed by atoms with Crippen molar-refractivity contribution in [3.8, 4) is 0 Å². The van der Waals surface area contributed by atoms with Crippen LogP contribution in [0.4, 0.5) is 17.1 Å². The molecule has 28 heavy (non-hydrogen) atoms. The lowest BCUT2D eigenvalue weighted by Crippen LogP contribution is -2.14. The zero-order valence-corrected chi connectivity index (χ0v) is 18.5. The molecule has 146 valence electrons. The zero-order valence-electron chi connectivity index (χ0n) is 17.8. The quantitative estimate of drug-likeness (QED) is 0.433. The maximum absolute atomic E-state index is 6.13. The molecule has 0 atom stereocenters. The van der Waals surface area contributed by atoms with Crippen molar-refractivity contribution < 1.29 is 0 Å². The minimum atomic E-state index is 0.137. The second kappa shape index (κ2) is 7.64. The number of halogens is 1. The van der Waals surface area contributed by atoms with Crippen molar-refractivity contribution in [1.82, 2.24) is 0 Å². The third-order valence-corrected chi connectivity index (χ3v) is 5.32. The van der Waals surface area contributed by atoms with E-state index in [0.29, 0.717) is 0 Å². The molecule has 1 nitrogen and oxygen atoms in total. The van der Waals surface area contributed by atoms with E-state index in [1.807, 2.05) is 12.1 Å². The number of nitrogens with zero attached hydrogens (tertiary/aromatic N) is 1. The van der Waals surface area contributed by atoms with Crippen molar-refractivity contribution >= 4 is 28.7 Å². The summed E-state index contributed by atoms with van der Waals surface area (Å²) < 4.78 is 0. The summed E-state index contributed by atoms with van der Waals surface area (Å²) in [4.78, 5) is 2.27. The van der Waals surface area contributed by atoms with E-state index >= 15 is 0 Å².